The number of nitrogens with zero attached hydrogens (tertiary/aromatic N) is 1. The summed E-state index contributed by atoms with van der Waals surface area (Å²) in [6.07, 6.45) is -2.87. The second-order valence-corrected chi connectivity index (χ2v) is 6.92. The smallest absolute Gasteiger partial charge is 0.322 e. The molecule has 4 nitrogen and oxygen atoms in total. The number of hydrogen-bond donors (Lipinski definition) is 1. The molecule has 0 fully saturated rings. The van der Waals surface area contributed by atoms with E-state index in [0.717, 1.165) is 41.8 Å². The molecule has 0 unspecified atom stereocenters. The van der Waals surface area contributed by atoms with Crippen molar-refractivity contribution in [2.75, 3.05) is 16.8 Å². The van der Waals surface area contributed by atoms with E-state index in [4.69, 9.17) is 0 Å². The molecule has 1 atom stereocenters. The van der Waals surface area contributed by atoms with Crippen LogP contribution in [0.1, 0.15) is 46.3 Å². The number of amides is 2. The molecule has 2 aromatic carbocycles. The number of aryl methyl sites for hydroxylation is 1. The fourth-order valence-corrected chi connectivity index (χ4v) is 3.81. The maximum Gasteiger partial charge on any atom is 0.416 e. The zero-order chi connectivity index (χ0) is 19.3. The number of nitrogens with one attached hydrogen (secondary N) is 1. The zero-order valence-corrected chi connectivity index (χ0v) is 14.6. The number of halogens is 3. The molecule has 0 saturated heterocycles. The van der Waals surface area contributed by atoms with Crippen LogP contribution in [-0.2, 0) is 17.4 Å². The molecular weight excluding hydrogens is 357 g/mol. The summed E-state index contributed by atoms with van der Waals surface area (Å²) < 4.78 is 38.6. The van der Waals surface area contributed by atoms with Gasteiger partial charge in [-0.3, -0.25) is 9.59 Å². The first-order valence-electron chi connectivity index (χ1n) is 8.72. The second kappa shape index (κ2) is 6.11. The summed E-state index contributed by atoms with van der Waals surface area (Å²) in [5, 5.41) is 2.68. The molecular formula is C20H17F3N2O2. The van der Waals surface area contributed by atoms with Crippen molar-refractivity contribution in [2.45, 2.75) is 31.9 Å². The number of benzene rings is 2. The Morgan fingerprint density at radius 1 is 1.22 bits per heavy atom. The first kappa shape index (κ1) is 17.6. The normalized spacial score (nSPS) is 18.4. The summed E-state index contributed by atoms with van der Waals surface area (Å²) in [5.74, 6) is -0.854. The van der Waals surface area contributed by atoms with Gasteiger partial charge in [-0.05, 0) is 61.2 Å². The molecule has 2 aromatic rings. The molecule has 27 heavy (non-hydrogen) atoms. The lowest BCUT2D eigenvalue weighted by Gasteiger charge is -2.26. The van der Waals surface area contributed by atoms with E-state index in [9.17, 15) is 22.8 Å². The molecule has 2 aliphatic rings. The van der Waals surface area contributed by atoms with Gasteiger partial charge in [0.25, 0.3) is 5.91 Å². The third-order valence-electron chi connectivity index (χ3n) is 5.13. The monoisotopic (exact) mass is 374 g/mol. The molecule has 0 radical (unpaired) electrons. The van der Waals surface area contributed by atoms with Crippen molar-refractivity contribution in [1.82, 2.24) is 0 Å². The van der Waals surface area contributed by atoms with Gasteiger partial charge < -0.3 is 10.2 Å². The van der Waals surface area contributed by atoms with E-state index in [1.54, 1.807) is 11.0 Å². The summed E-state index contributed by atoms with van der Waals surface area (Å²) in [7, 11) is 0. The van der Waals surface area contributed by atoms with Gasteiger partial charge in [-0.25, -0.2) is 0 Å². The van der Waals surface area contributed by atoms with Crippen molar-refractivity contribution in [3.63, 3.8) is 0 Å². The molecule has 2 heterocycles. The predicted octanol–water partition coefficient (Wildman–Crippen LogP) is 4.35. The van der Waals surface area contributed by atoms with Gasteiger partial charge in [0.15, 0.2) is 0 Å². The van der Waals surface area contributed by atoms with Crippen LogP contribution >= 0.6 is 0 Å². The van der Waals surface area contributed by atoms with Crippen molar-refractivity contribution >= 4 is 23.2 Å². The Morgan fingerprint density at radius 2 is 2.00 bits per heavy atom. The number of alkyl halides is 3. The molecule has 140 valence electrons. The quantitative estimate of drug-likeness (QED) is 0.849. The van der Waals surface area contributed by atoms with Gasteiger partial charge in [-0.1, -0.05) is 6.07 Å². The number of carbonyl (C=O) groups is 2. The predicted molar refractivity (Wildman–Crippen MR) is 94.9 cm³/mol. The van der Waals surface area contributed by atoms with E-state index in [-0.39, 0.29) is 17.4 Å². The van der Waals surface area contributed by atoms with Gasteiger partial charge in [0.05, 0.1) is 17.2 Å². The Morgan fingerprint density at radius 3 is 2.74 bits per heavy atom. The Labute approximate surface area is 154 Å². The van der Waals surface area contributed by atoms with Crippen LogP contribution in [0, 0.1) is 0 Å². The van der Waals surface area contributed by atoms with E-state index in [0.29, 0.717) is 12.2 Å². The van der Waals surface area contributed by atoms with E-state index in [1.165, 1.54) is 12.1 Å². The first-order chi connectivity index (χ1) is 12.8. The Bertz CT molecular complexity index is 953. The lowest BCUT2D eigenvalue weighted by Crippen LogP contribution is -2.32. The van der Waals surface area contributed by atoms with Crippen molar-refractivity contribution in [1.29, 1.82) is 0 Å². The third-order valence-corrected chi connectivity index (χ3v) is 5.13. The van der Waals surface area contributed by atoms with Crippen molar-refractivity contribution in [3.8, 4) is 0 Å². The van der Waals surface area contributed by atoms with Gasteiger partial charge in [-0.15, -0.1) is 0 Å². The fraction of sp³-hybridized carbons (Fsp3) is 0.300. The molecule has 0 aromatic heterocycles. The van der Waals surface area contributed by atoms with Crippen LogP contribution in [-0.4, -0.2) is 18.4 Å². The van der Waals surface area contributed by atoms with Crippen molar-refractivity contribution in [3.05, 3.63) is 58.7 Å². The average Bonchev–Trinajstić information content (AvgIpc) is 2.88. The lowest BCUT2D eigenvalue weighted by molar-refractivity contribution is -0.137. The second-order valence-electron chi connectivity index (χ2n) is 6.92. The highest BCUT2D eigenvalue weighted by Crippen LogP contribution is 2.44. The number of anilines is 2. The van der Waals surface area contributed by atoms with Crippen molar-refractivity contribution < 1.29 is 22.8 Å². The van der Waals surface area contributed by atoms with Gasteiger partial charge >= 0.3 is 6.18 Å². The van der Waals surface area contributed by atoms with Gasteiger partial charge in [-0.2, -0.15) is 13.2 Å². The minimum absolute atomic E-state index is 0.0484. The number of hydrogen-bond acceptors (Lipinski definition) is 2. The van der Waals surface area contributed by atoms with Gasteiger partial charge in [0.2, 0.25) is 5.91 Å². The average molecular weight is 374 g/mol. The summed E-state index contributed by atoms with van der Waals surface area (Å²) in [6.45, 7) is 2.52. The third kappa shape index (κ3) is 2.97. The van der Waals surface area contributed by atoms with Crippen LogP contribution in [0.3, 0.4) is 0 Å². The minimum atomic E-state index is -4.51. The summed E-state index contributed by atoms with van der Waals surface area (Å²) in [5.41, 5.74) is 2.33. The lowest BCUT2D eigenvalue weighted by atomic mass is 9.96. The number of rotatable bonds is 2. The topological polar surface area (TPSA) is 49.4 Å². The van der Waals surface area contributed by atoms with Gasteiger partial charge in [0, 0.05) is 17.8 Å². The van der Waals surface area contributed by atoms with Crippen molar-refractivity contribution in [2.24, 2.45) is 0 Å². The SMILES string of the molecule is C[C@@H]1C(=O)N2CCCc3cc(NC(=O)c4cccc(C(F)(F)F)c4)cc1c32. The molecule has 2 aliphatic heterocycles. The zero-order valence-electron chi connectivity index (χ0n) is 14.6. The molecule has 7 heteroatoms. The standard InChI is InChI=1S/C20H17F3N2O2/c1-11-16-10-15(9-12-5-3-7-25(17(12)16)19(11)27)24-18(26)13-4-2-6-14(8-13)20(21,22)23/h2,4,6,8-11H,3,5,7H2,1H3,(H,24,26)/t11-/m0/s1. The van der Waals surface area contributed by atoms with Crippen LogP contribution in [0.5, 0.6) is 0 Å². The minimum Gasteiger partial charge on any atom is -0.322 e. The summed E-state index contributed by atoms with van der Waals surface area (Å²) in [6, 6.07) is 7.87. The van der Waals surface area contributed by atoms with Crippen LogP contribution in [0.4, 0.5) is 24.5 Å². The first-order valence-corrected chi connectivity index (χ1v) is 8.72. The van der Waals surface area contributed by atoms with Gasteiger partial charge in [0.1, 0.15) is 0 Å². The van der Waals surface area contributed by atoms with E-state index in [2.05, 4.69) is 5.32 Å². The molecule has 0 bridgehead atoms. The van der Waals surface area contributed by atoms with Crippen LogP contribution < -0.4 is 10.2 Å². The summed E-state index contributed by atoms with van der Waals surface area (Å²) >= 11 is 0. The van der Waals surface area contributed by atoms with Crippen LogP contribution in [0.25, 0.3) is 0 Å². The highest BCUT2D eigenvalue weighted by molar-refractivity contribution is 6.08. The van der Waals surface area contributed by atoms with E-state index in [1.807, 2.05) is 13.0 Å². The molecule has 2 amide bonds. The molecule has 4 rings (SSSR count). The van der Waals surface area contributed by atoms with E-state index >= 15 is 0 Å². The summed E-state index contributed by atoms with van der Waals surface area (Å²) in [4.78, 5) is 26.6. The Kier molecular flexibility index (Phi) is 3.98. The highest BCUT2D eigenvalue weighted by atomic mass is 19.4. The fourth-order valence-electron chi connectivity index (χ4n) is 3.81. The van der Waals surface area contributed by atoms with Crippen LogP contribution in [0.15, 0.2) is 36.4 Å². The number of carbonyl (C=O) groups excluding carboxylic acids is 2. The maximum absolute atomic E-state index is 12.9. The van der Waals surface area contributed by atoms with Crippen LogP contribution in [0.2, 0.25) is 0 Å². The molecule has 0 saturated carbocycles. The molecule has 0 aliphatic carbocycles. The Balaban J connectivity index is 1.65. The maximum atomic E-state index is 12.9. The highest BCUT2D eigenvalue weighted by Gasteiger charge is 2.38. The molecule has 0 spiro atoms. The molecule has 1 N–H and O–H groups in total. The largest absolute Gasteiger partial charge is 0.416 e. The Hall–Kier alpha value is -2.83. The van der Waals surface area contributed by atoms with E-state index < -0.39 is 17.6 Å².